The number of anilines is 1. The van der Waals surface area contributed by atoms with Crippen molar-refractivity contribution in [3.63, 3.8) is 0 Å². The second-order valence-electron chi connectivity index (χ2n) is 4.18. The molecule has 0 aliphatic heterocycles. The minimum absolute atomic E-state index is 0.523. The molecule has 3 heteroatoms. The van der Waals surface area contributed by atoms with Crippen molar-refractivity contribution >= 4 is 28.9 Å². The maximum absolute atomic E-state index is 5.98. The smallest absolute Gasteiger partial charge is 0.0494 e. The van der Waals surface area contributed by atoms with Crippen LogP contribution in [0.15, 0.2) is 18.2 Å². The van der Waals surface area contributed by atoms with Crippen molar-refractivity contribution in [2.24, 2.45) is 5.92 Å². The van der Waals surface area contributed by atoms with Crippen LogP contribution in [0.1, 0.15) is 19.4 Å². The van der Waals surface area contributed by atoms with Gasteiger partial charge in [-0.3, -0.25) is 0 Å². The van der Waals surface area contributed by atoms with Gasteiger partial charge in [-0.25, -0.2) is 0 Å². The van der Waals surface area contributed by atoms with Gasteiger partial charge in [0.25, 0.3) is 0 Å². The Hall–Kier alpha value is -0.400. The predicted molar refractivity (Wildman–Crippen MR) is 69.1 cm³/mol. The van der Waals surface area contributed by atoms with Crippen LogP contribution in [-0.2, 0) is 5.88 Å². The second-order valence-corrected chi connectivity index (χ2v) is 4.88. The first kappa shape index (κ1) is 12.7. The quantitative estimate of drug-likeness (QED) is 0.720. The summed E-state index contributed by atoms with van der Waals surface area (Å²) < 4.78 is 0. The molecule has 0 unspecified atom stereocenters. The van der Waals surface area contributed by atoms with E-state index in [1.807, 2.05) is 18.2 Å². The third-order valence-corrected chi connectivity index (χ3v) is 2.76. The maximum Gasteiger partial charge on any atom is 0.0494 e. The number of hydrogen-bond donors (Lipinski definition) is 0. The lowest BCUT2D eigenvalue weighted by Crippen LogP contribution is -2.23. The zero-order valence-corrected chi connectivity index (χ0v) is 10.9. The van der Waals surface area contributed by atoms with Crippen LogP contribution in [0.2, 0.25) is 5.02 Å². The Morgan fingerprint density at radius 3 is 2.53 bits per heavy atom. The lowest BCUT2D eigenvalue weighted by molar-refractivity contribution is 0.637. The predicted octanol–water partition coefficient (Wildman–Crippen LogP) is 4.17. The lowest BCUT2D eigenvalue weighted by Gasteiger charge is -2.24. The van der Waals surface area contributed by atoms with Crippen molar-refractivity contribution in [1.82, 2.24) is 0 Å². The number of hydrogen-bond acceptors (Lipinski definition) is 1. The molecule has 0 heterocycles. The number of alkyl halides is 1. The molecule has 0 radical (unpaired) electrons. The van der Waals surface area contributed by atoms with Crippen molar-refractivity contribution < 1.29 is 0 Å². The van der Waals surface area contributed by atoms with Crippen LogP contribution in [0, 0.1) is 5.92 Å². The highest BCUT2D eigenvalue weighted by atomic mass is 35.5. The normalized spacial score (nSPS) is 10.8. The molecule has 0 spiro atoms. The number of benzene rings is 1. The molecule has 1 aromatic carbocycles. The van der Waals surface area contributed by atoms with E-state index >= 15 is 0 Å². The van der Waals surface area contributed by atoms with Crippen molar-refractivity contribution in [2.45, 2.75) is 19.7 Å². The zero-order chi connectivity index (χ0) is 11.4. The van der Waals surface area contributed by atoms with E-state index in [-0.39, 0.29) is 0 Å². The van der Waals surface area contributed by atoms with Gasteiger partial charge in [0.1, 0.15) is 0 Å². The molecule has 1 aromatic rings. The Morgan fingerprint density at radius 1 is 1.33 bits per heavy atom. The van der Waals surface area contributed by atoms with Crippen LogP contribution in [-0.4, -0.2) is 13.6 Å². The molecule has 0 saturated heterocycles. The summed E-state index contributed by atoms with van der Waals surface area (Å²) in [4.78, 5) is 2.20. The fourth-order valence-corrected chi connectivity index (χ4v) is 2.04. The van der Waals surface area contributed by atoms with Crippen LogP contribution in [0.5, 0.6) is 0 Å². The maximum atomic E-state index is 5.98. The van der Waals surface area contributed by atoms with E-state index in [4.69, 9.17) is 23.2 Å². The van der Waals surface area contributed by atoms with E-state index in [0.29, 0.717) is 11.8 Å². The van der Waals surface area contributed by atoms with Gasteiger partial charge in [0.2, 0.25) is 0 Å². The van der Waals surface area contributed by atoms with E-state index in [2.05, 4.69) is 25.8 Å². The molecule has 15 heavy (non-hydrogen) atoms. The van der Waals surface area contributed by atoms with Gasteiger partial charge in [-0.1, -0.05) is 31.5 Å². The summed E-state index contributed by atoms with van der Waals surface area (Å²) in [6.07, 6.45) is 0. The van der Waals surface area contributed by atoms with Crippen LogP contribution < -0.4 is 4.90 Å². The minimum Gasteiger partial charge on any atom is -0.374 e. The zero-order valence-electron chi connectivity index (χ0n) is 9.43. The Balaban J connectivity index is 2.94. The summed E-state index contributed by atoms with van der Waals surface area (Å²) >= 11 is 11.9. The summed E-state index contributed by atoms with van der Waals surface area (Å²) in [5.74, 6) is 1.15. The second kappa shape index (κ2) is 5.62. The van der Waals surface area contributed by atoms with Gasteiger partial charge in [0, 0.05) is 30.2 Å². The minimum atomic E-state index is 0.523. The van der Waals surface area contributed by atoms with Crippen molar-refractivity contribution in [2.75, 3.05) is 18.5 Å². The third kappa shape index (κ3) is 3.58. The molecule has 0 bridgehead atoms. The molecule has 0 aromatic heterocycles. The fraction of sp³-hybridized carbons (Fsp3) is 0.500. The van der Waals surface area contributed by atoms with Crippen molar-refractivity contribution in [1.29, 1.82) is 0 Å². The Labute approximate surface area is 102 Å². The highest BCUT2D eigenvalue weighted by Gasteiger charge is 2.08. The molecule has 0 saturated carbocycles. The van der Waals surface area contributed by atoms with Crippen LogP contribution in [0.4, 0.5) is 5.69 Å². The molecule has 0 amide bonds. The van der Waals surface area contributed by atoms with E-state index in [1.165, 1.54) is 0 Å². The molecular weight excluding hydrogens is 229 g/mol. The van der Waals surface area contributed by atoms with E-state index in [1.54, 1.807) is 0 Å². The highest BCUT2D eigenvalue weighted by Crippen LogP contribution is 2.25. The van der Waals surface area contributed by atoms with Gasteiger partial charge in [-0.05, 0) is 23.6 Å². The Bertz CT molecular complexity index is 323. The molecule has 0 fully saturated rings. The monoisotopic (exact) mass is 245 g/mol. The summed E-state index contributed by atoms with van der Waals surface area (Å²) in [5.41, 5.74) is 2.26. The summed E-state index contributed by atoms with van der Waals surface area (Å²) in [6, 6.07) is 5.84. The summed E-state index contributed by atoms with van der Waals surface area (Å²) in [7, 11) is 2.07. The lowest BCUT2D eigenvalue weighted by atomic mass is 10.1. The summed E-state index contributed by atoms with van der Waals surface area (Å²) in [6.45, 7) is 5.40. The molecule has 0 atom stereocenters. The van der Waals surface area contributed by atoms with E-state index in [0.717, 1.165) is 22.8 Å². The topological polar surface area (TPSA) is 3.24 Å². The molecule has 1 nitrogen and oxygen atoms in total. The summed E-state index contributed by atoms with van der Waals surface area (Å²) in [5, 5.41) is 0.759. The van der Waals surface area contributed by atoms with Crippen molar-refractivity contribution in [3.8, 4) is 0 Å². The SMILES string of the molecule is CC(C)CN(C)c1cc(Cl)ccc1CCl. The van der Waals surface area contributed by atoms with Gasteiger partial charge in [0.15, 0.2) is 0 Å². The Morgan fingerprint density at radius 2 is 2.00 bits per heavy atom. The molecular formula is C12H17Cl2N. The fourth-order valence-electron chi connectivity index (χ4n) is 1.65. The van der Waals surface area contributed by atoms with Gasteiger partial charge in [0.05, 0.1) is 0 Å². The number of rotatable bonds is 4. The standard InChI is InChI=1S/C12H17Cl2N/c1-9(2)8-15(3)12-6-11(14)5-4-10(12)7-13/h4-6,9H,7-8H2,1-3H3. The molecule has 0 N–H and O–H groups in total. The van der Waals surface area contributed by atoms with Crippen LogP contribution in [0.3, 0.4) is 0 Å². The van der Waals surface area contributed by atoms with E-state index in [9.17, 15) is 0 Å². The average Bonchev–Trinajstić information content (AvgIpc) is 2.16. The molecule has 0 aliphatic rings. The van der Waals surface area contributed by atoms with E-state index < -0.39 is 0 Å². The van der Waals surface area contributed by atoms with Crippen LogP contribution in [0.25, 0.3) is 0 Å². The largest absolute Gasteiger partial charge is 0.374 e. The number of nitrogens with zero attached hydrogens (tertiary/aromatic N) is 1. The Kier molecular flexibility index (Phi) is 4.75. The number of halogens is 2. The third-order valence-electron chi connectivity index (χ3n) is 2.24. The molecule has 84 valence electrons. The molecule has 0 aliphatic carbocycles. The first-order valence-electron chi connectivity index (χ1n) is 5.10. The van der Waals surface area contributed by atoms with Gasteiger partial charge < -0.3 is 4.90 Å². The van der Waals surface area contributed by atoms with Gasteiger partial charge >= 0.3 is 0 Å². The molecule has 1 rings (SSSR count). The van der Waals surface area contributed by atoms with Gasteiger partial charge in [-0.2, -0.15) is 0 Å². The first-order chi connectivity index (χ1) is 7.04. The van der Waals surface area contributed by atoms with Crippen LogP contribution >= 0.6 is 23.2 Å². The van der Waals surface area contributed by atoms with Crippen molar-refractivity contribution in [3.05, 3.63) is 28.8 Å². The highest BCUT2D eigenvalue weighted by molar-refractivity contribution is 6.31. The first-order valence-corrected chi connectivity index (χ1v) is 6.01. The van der Waals surface area contributed by atoms with Gasteiger partial charge in [-0.15, -0.1) is 11.6 Å². The average molecular weight is 246 g/mol.